The van der Waals surface area contributed by atoms with Gasteiger partial charge in [-0.1, -0.05) is 34.1 Å². The molecule has 0 amide bonds. The summed E-state index contributed by atoms with van der Waals surface area (Å²) in [5, 5.41) is 8.67. The Balaban J connectivity index is 5.17. The van der Waals surface area contributed by atoms with Crippen molar-refractivity contribution in [2.24, 2.45) is 5.41 Å². The average Bonchev–Trinajstić information content (AvgIpc) is 2.30. The Morgan fingerprint density at radius 3 is 2.04 bits per heavy atom. The number of carbonyl (C=O) groups excluding carboxylic acids is 1. The van der Waals surface area contributed by atoms with E-state index in [4.69, 9.17) is 19.6 Å². The third-order valence-electron chi connectivity index (χ3n) is 2.74. The van der Waals surface area contributed by atoms with Crippen LogP contribution in [-0.2, 0) is 24.0 Å². The van der Waals surface area contributed by atoms with E-state index in [1.54, 1.807) is 6.92 Å². The summed E-state index contributed by atoms with van der Waals surface area (Å²) in [5.41, 5.74) is -0.342. The second kappa shape index (κ2) is 8.76. The summed E-state index contributed by atoms with van der Waals surface area (Å²) in [6.07, 6.45) is 0.267. The molecule has 23 heavy (non-hydrogen) atoms. The number of ether oxygens (including phenoxy) is 2. The molecular formula is C16H28O7. The topological polar surface area (TPSA) is 91.3 Å². The molecule has 7 nitrogen and oxygen atoms in total. The van der Waals surface area contributed by atoms with Crippen molar-refractivity contribution in [3.8, 4) is 0 Å². The van der Waals surface area contributed by atoms with Crippen molar-refractivity contribution in [3.05, 3.63) is 11.3 Å². The lowest BCUT2D eigenvalue weighted by Gasteiger charge is -2.28. The van der Waals surface area contributed by atoms with Gasteiger partial charge < -0.3 is 19.5 Å². The van der Waals surface area contributed by atoms with Gasteiger partial charge in [0.1, 0.15) is 5.76 Å². The predicted molar refractivity (Wildman–Crippen MR) is 83.4 cm³/mol. The zero-order chi connectivity index (χ0) is 18.3. The van der Waals surface area contributed by atoms with Crippen LogP contribution in [0.4, 0.5) is 4.79 Å². The number of hydrogen-bond acceptors (Lipinski definition) is 6. The van der Waals surface area contributed by atoms with Crippen LogP contribution in [0.5, 0.6) is 0 Å². The fourth-order valence-corrected chi connectivity index (χ4v) is 1.86. The summed E-state index contributed by atoms with van der Waals surface area (Å²) >= 11 is 0. The molecule has 0 heterocycles. The van der Waals surface area contributed by atoms with Crippen molar-refractivity contribution in [2.75, 3.05) is 6.61 Å². The molecule has 0 rings (SSSR count). The van der Waals surface area contributed by atoms with Gasteiger partial charge in [0.15, 0.2) is 0 Å². The summed E-state index contributed by atoms with van der Waals surface area (Å²) in [6.45, 7) is 12.1. The molecule has 0 aromatic heterocycles. The molecule has 0 bridgehead atoms. The molecule has 0 unspecified atom stereocenters. The Hall–Kier alpha value is -1.76. The first-order chi connectivity index (χ1) is 10.4. The van der Waals surface area contributed by atoms with E-state index >= 15 is 0 Å². The van der Waals surface area contributed by atoms with Gasteiger partial charge in [-0.25, -0.2) is 9.59 Å². The molecule has 0 aliphatic rings. The van der Waals surface area contributed by atoms with E-state index in [0.29, 0.717) is 6.61 Å². The highest BCUT2D eigenvalue weighted by Crippen LogP contribution is 2.31. The van der Waals surface area contributed by atoms with E-state index in [0.717, 1.165) is 12.8 Å². The molecule has 0 aliphatic heterocycles. The number of allylic oxidation sites excluding steroid dienone is 1. The molecule has 7 heteroatoms. The maximum atomic E-state index is 12.4. The van der Waals surface area contributed by atoms with Crippen molar-refractivity contribution in [3.63, 3.8) is 0 Å². The quantitative estimate of drug-likeness (QED) is 0.136. The fourth-order valence-electron chi connectivity index (χ4n) is 1.86. The molecule has 0 aromatic carbocycles. The minimum Gasteiger partial charge on any atom is -0.450 e. The number of esters is 1. The highest BCUT2D eigenvalue weighted by atomic mass is 17.2. The van der Waals surface area contributed by atoms with Gasteiger partial charge in [0, 0.05) is 13.8 Å². The molecule has 0 aliphatic carbocycles. The Bertz CT molecular complexity index is 444. The lowest BCUT2D eigenvalue weighted by Crippen LogP contribution is -2.36. The molecular weight excluding hydrogens is 304 g/mol. The molecule has 0 radical (unpaired) electrons. The summed E-state index contributed by atoms with van der Waals surface area (Å²) in [4.78, 5) is 33.3. The maximum absolute atomic E-state index is 12.4. The Labute approximate surface area is 137 Å². The van der Waals surface area contributed by atoms with Gasteiger partial charge in [0.25, 0.3) is 5.79 Å². The van der Waals surface area contributed by atoms with Gasteiger partial charge >= 0.3 is 12.1 Å². The largest absolute Gasteiger partial charge is 0.509 e. The summed E-state index contributed by atoms with van der Waals surface area (Å²) < 4.78 is 9.69. The number of carboxylic acid groups (broad SMARTS) is 1. The van der Waals surface area contributed by atoms with E-state index in [1.807, 2.05) is 27.7 Å². The zero-order valence-electron chi connectivity index (χ0n) is 15.0. The SMILES string of the molecule is CCCCOOC(C)=C(C(=O)OC(C)(C)OC(=O)O)C(C)(C)C. The van der Waals surface area contributed by atoms with Crippen LogP contribution < -0.4 is 0 Å². The third-order valence-corrected chi connectivity index (χ3v) is 2.74. The van der Waals surface area contributed by atoms with Crippen LogP contribution in [0.15, 0.2) is 11.3 Å². The van der Waals surface area contributed by atoms with E-state index in [1.165, 1.54) is 13.8 Å². The van der Waals surface area contributed by atoms with Gasteiger partial charge in [0.2, 0.25) is 0 Å². The van der Waals surface area contributed by atoms with Crippen LogP contribution >= 0.6 is 0 Å². The van der Waals surface area contributed by atoms with E-state index in [9.17, 15) is 9.59 Å². The maximum Gasteiger partial charge on any atom is 0.509 e. The lowest BCUT2D eigenvalue weighted by molar-refractivity contribution is -0.263. The average molecular weight is 332 g/mol. The molecule has 134 valence electrons. The van der Waals surface area contributed by atoms with Crippen molar-refractivity contribution < 1.29 is 33.9 Å². The fraction of sp³-hybridized carbons (Fsp3) is 0.750. The first-order valence-electron chi connectivity index (χ1n) is 7.56. The predicted octanol–water partition coefficient (Wildman–Crippen LogP) is 4.03. The van der Waals surface area contributed by atoms with Crippen LogP contribution in [0, 0.1) is 5.41 Å². The Morgan fingerprint density at radius 1 is 1.04 bits per heavy atom. The van der Waals surface area contributed by atoms with Gasteiger partial charge in [-0.15, -0.1) is 0 Å². The first kappa shape index (κ1) is 21.2. The van der Waals surface area contributed by atoms with Crippen LogP contribution in [0.25, 0.3) is 0 Å². The monoisotopic (exact) mass is 332 g/mol. The van der Waals surface area contributed by atoms with E-state index in [2.05, 4.69) is 4.74 Å². The summed E-state index contributed by atoms with van der Waals surface area (Å²) in [6, 6.07) is 0. The van der Waals surface area contributed by atoms with E-state index < -0.39 is 23.3 Å². The molecule has 0 atom stereocenters. The minimum atomic E-state index is -1.61. The van der Waals surface area contributed by atoms with Crippen molar-refractivity contribution in [2.45, 2.75) is 67.1 Å². The minimum absolute atomic E-state index is 0.246. The molecule has 0 saturated carbocycles. The first-order valence-corrected chi connectivity index (χ1v) is 7.56. The standard InChI is InChI=1S/C16H28O7/c1-8-9-10-20-23-11(2)12(15(3,4)5)13(17)21-16(6,7)22-14(18)19/h8-10H2,1-7H3,(H,18,19). The van der Waals surface area contributed by atoms with Crippen LogP contribution in [0.3, 0.4) is 0 Å². The van der Waals surface area contributed by atoms with Crippen molar-refractivity contribution >= 4 is 12.1 Å². The van der Waals surface area contributed by atoms with Gasteiger partial charge in [-0.3, -0.25) is 0 Å². The number of unbranched alkanes of at least 4 members (excludes halogenated alkanes) is 1. The van der Waals surface area contributed by atoms with E-state index in [-0.39, 0.29) is 11.3 Å². The van der Waals surface area contributed by atoms with Crippen LogP contribution in [0.2, 0.25) is 0 Å². The second-order valence-corrected chi connectivity index (χ2v) is 6.60. The molecule has 1 N–H and O–H groups in total. The Morgan fingerprint density at radius 2 is 1.61 bits per heavy atom. The number of hydrogen-bond donors (Lipinski definition) is 1. The van der Waals surface area contributed by atoms with Gasteiger partial charge in [0.05, 0.1) is 12.2 Å². The zero-order valence-corrected chi connectivity index (χ0v) is 15.0. The molecule has 0 spiro atoms. The number of rotatable bonds is 8. The molecule has 0 aromatic rings. The smallest absolute Gasteiger partial charge is 0.450 e. The van der Waals surface area contributed by atoms with Crippen molar-refractivity contribution in [1.82, 2.24) is 0 Å². The van der Waals surface area contributed by atoms with Crippen molar-refractivity contribution in [1.29, 1.82) is 0 Å². The Kier molecular flexibility index (Phi) is 8.09. The highest BCUT2D eigenvalue weighted by molar-refractivity contribution is 5.90. The lowest BCUT2D eigenvalue weighted by atomic mass is 9.85. The summed E-state index contributed by atoms with van der Waals surface area (Å²) in [7, 11) is 0. The van der Waals surface area contributed by atoms with Crippen LogP contribution in [-0.4, -0.2) is 29.6 Å². The number of carbonyl (C=O) groups is 2. The summed E-state index contributed by atoms with van der Waals surface area (Å²) in [5.74, 6) is -2.06. The van der Waals surface area contributed by atoms with Gasteiger partial charge in [-0.05, 0) is 18.8 Å². The van der Waals surface area contributed by atoms with Gasteiger partial charge in [-0.2, -0.15) is 4.89 Å². The van der Waals surface area contributed by atoms with Crippen LogP contribution in [0.1, 0.15) is 61.3 Å². The third kappa shape index (κ3) is 8.44. The highest BCUT2D eigenvalue weighted by Gasteiger charge is 2.35. The molecule has 0 saturated heterocycles. The molecule has 0 fully saturated rings. The second-order valence-electron chi connectivity index (χ2n) is 6.60. The normalized spacial score (nSPS) is 13.2.